The Bertz CT molecular complexity index is 424. The lowest BCUT2D eigenvalue weighted by Gasteiger charge is -1.99. The van der Waals surface area contributed by atoms with E-state index in [1.807, 2.05) is 6.26 Å². The first-order valence-electron chi connectivity index (χ1n) is 3.70. The van der Waals surface area contributed by atoms with Crippen LogP contribution in [-0.4, -0.2) is 33.2 Å². The van der Waals surface area contributed by atoms with Crippen molar-refractivity contribution in [1.82, 2.24) is 25.3 Å². The van der Waals surface area contributed by atoms with Crippen LogP contribution in [0.25, 0.3) is 11.2 Å². The van der Waals surface area contributed by atoms with Crippen LogP contribution in [0.15, 0.2) is 11.5 Å². The Morgan fingerprint density at radius 3 is 3.00 bits per heavy atom. The zero-order valence-electron chi connectivity index (χ0n) is 7.27. The molecule has 2 aromatic heterocycles. The van der Waals surface area contributed by atoms with Crippen LogP contribution in [0, 0.1) is 0 Å². The molecule has 0 unspecified atom stereocenters. The van der Waals surface area contributed by atoms with Crippen molar-refractivity contribution >= 4 is 28.7 Å². The van der Waals surface area contributed by atoms with E-state index in [0.29, 0.717) is 16.6 Å². The van der Waals surface area contributed by atoms with Crippen LogP contribution in [0.3, 0.4) is 0 Å². The van der Waals surface area contributed by atoms with Crippen molar-refractivity contribution in [3.63, 3.8) is 0 Å². The van der Waals surface area contributed by atoms with E-state index in [1.54, 1.807) is 13.4 Å². The van der Waals surface area contributed by atoms with E-state index in [9.17, 15) is 0 Å². The monoisotopic (exact) mass is 194 g/mol. The van der Waals surface area contributed by atoms with Crippen molar-refractivity contribution in [2.45, 2.75) is 5.16 Å². The van der Waals surface area contributed by atoms with Gasteiger partial charge in [-0.05, 0) is 6.26 Å². The lowest BCUT2D eigenvalue weighted by Crippen LogP contribution is -1.96. The molecule has 0 fully saturated rings. The first kappa shape index (κ1) is 8.31. The molecule has 0 saturated carbocycles. The maximum atomic E-state index is 4.22. The van der Waals surface area contributed by atoms with Crippen LogP contribution in [0.5, 0.6) is 0 Å². The number of fused-ring (bicyclic) bond motifs is 1. The number of thioether (sulfide) groups is 1. The van der Waals surface area contributed by atoms with E-state index >= 15 is 0 Å². The zero-order chi connectivity index (χ0) is 9.26. The fraction of sp³-hybridized carbons (Fsp3) is 0.286. The van der Waals surface area contributed by atoms with Gasteiger partial charge in [-0.25, -0.2) is 15.0 Å². The highest BCUT2D eigenvalue weighted by molar-refractivity contribution is 7.98. The van der Waals surface area contributed by atoms with Gasteiger partial charge in [-0.15, -0.1) is 0 Å². The van der Waals surface area contributed by atoms with Gasteiger partial charge in [-0.2, -0.15) is 0 Å². The third-order valence-electron chi connectivity index (χ3n) is 1.64. The number of aromatic amines is 1. The normalized spacial score (nSPS) is 10.6. The molecule has 0 amide bonds. The summed E-state index contributed by atoms with van der Waals surface area (Å²) in [6, 6.07) is 0. The van der Waals surface area contributed by atoms with E-state index in [4.69, 9.17) is 0 Å². The number of imidazole rings is 1. The maximum Gasteiger partial charge on any atom is 0.191 e. The number of hydrogen-bond donors (Lipinski definition) is 1. The Kier molecular flexibility index (Phi) is 2.05. The van der Waals surface area contributed by atoms with Crippen molar-refractivity contribution in [2.24, 2.45) is 0 Å². The lowest BCUT2D eigenvalue weighted by atomic mass is 10.5. The third kappa shape index (κ3) is 1.33. The van der Waals surface area contributed by atoms with Crippen LogP contribution in [0.1, 0.15) is 0 Å². The molecule has 0 aliphatic heterocycles. The smallest absolute Gasteiger partial charge is 0.191 e. The molecule has 0 aliphatic rings. The van der Waals surface area contributed by atoms with Crippen molar-refractivity contribution in [3.05, 3.63) is 6.33 Å². The lowest BCUT2D eigenvalue weighted by molar-refractivity contribution is 0.930. The third-order valence-corrected chi connectivity index (χ3v) is 2.19. The second-order valence-electron chi connectivity index (χ2n) is 2.36. The average molecular weight is 194 g/mol. The molecular formula is C7H8N5S. The van der Waals surface area contributed by atoms with Gasteiger partial charge in [-0.3, -0.25) is 5.32 Å². The molecule has 0 saturated heterocycles. The Labute approximate surface area is 79.4 Å². The minimum absolute atomic E-state index is 0.659. The van der Waals surface area contributed by atoms with Gasteiger partial charge in [0, 0.05) is 7.05 Å². The molecule has 0 aromatic carbocycles. The summed E-state index contributed by atoms with van der Waals surface area (Å²) in [4.78, 5) is 15.4. The maximum absolute atomic E-state index is 4.22. The van der Waals surface area contributed by atoms with Gasteiger partial charge in [0.1, 0.15) is 5.52 Å². The van der Waals surface area contributed by atoms with E-state index in [1.165, 1.54) is 11.8 Å². The molecule has 0 spiro atoms. The molecule has 0 aliphatic carbocycles. The summed E-state index contributed by atoms with van der Waals surface area (Å²) in [5.41, 5.74) is 1.46. The first-order valence-corrected chi connectivity index (χ1v) is 4.92. The Balaban J connectivity index is 2.70. The predicted molar refractivity (Wildman–Crippen MR) is 51.2 cm³/mol. The summed E-state index contributed by atoms with van der Waals surface area (Å²) in [6.07, 6.45) is 3.52. The van der Waals surface area contributed by atoms with E-state index in [2.05, 4.69) is 25.3 Å². The van der Waals surface area contributed by atoms with Crippen LogP contribution >= 0.6 is 11.8 Å². The summed E-state index contributed by atoms with van der Waals surface area (Å²) < 4.78 is 0. The Morgan fingerprint density at radius 1 is 1.46 bits per heavy atom. The van der Waals surface area contributed by atoms with Gasteiger partial charge in [0.05, 0.1) is 6.33 Å². The molecule has 6 heteroatoms. The second kappa shape index (κ2) is 3.21. The van der Waals surface area contributed by atoms with Crippen molar-refractivity contribution in [2.75, 3.05) is 13.3 Å². The molecule has 2 aromatic rings. The van der Waals surface area contributed by atoms with E-state index in [-0.39, 0.29) is 0 Å². The standard InChI is InChI=1S/C7H8N5S/c1-8-5-4-6(10-3-9-4)12-7(11-5)13-2/h3H,1-2H3,(H,9,10,11,12). The summed E-state index contributed by atoms with van der Waals surface area (Å²) >= 11 is 1.48. The Morgan fingerprint density at radius 2 is 2.31 bits per heavy atom. The number of hydrogen-bond acceptors (Lipinski definition) is 4. The van der Waals surface area contributed by atoms with E-state index < -0.39 is 0 Å². The highest BCUT2D eigenvalue weighted by atomic mass is 32.2. The number of rotatable bonds is 2. The van der Waals surface area contributed by atoms with Gasteiger partial charge < -0.3 is 4.98 Å². The molecule has 1 radical (unpaired) electrons. The topological polar surface area (TPSA) is 68.6 Å². The highest BCUT2D eigenvalue weighted by Crippen LogP contribution is 2.19. The number of aromatic nitrogens is 4. The van der Waals surface area contributed by atoms with E-state index in [0.717, 1.165) is 5.52 Å². The fourth-order valence-corrected chi connectivity index (χ4v) is 1.41. The molecule has 1 N–H and O–H groups in total. The van der Waals surface area contributed by atoms with Crippen LogP contribution in [0.4, 0.5) is 5.82 Å². The number of nitrogens with zero attached hydrogens (tertiary/aromatic N) is 4. The molecule has 0 bridgehead atoms. The highest BCUT2D eigenvalue weighted by Gasteiger charge is 2.07. The minimum atomic E-state index is 0.659. The molecule has 13 heavy (non-hydrogen) atoms. The summed E-state index contributed by atoms with van der Waals surface area (Å²) in [5, 5.41) is 4.74. The second-order valence-corrected chi connectivity index (χ2v) is 3.13. The van der Waals surface area contributed by atoms with Gasteiger partial charge in [0.15, 0.2) is 16.6 Å². The number of H-pyrrole nitrogens is 1. The van der Waals surface area contributed by atoms with Gasteiger partial charge in [0.25, 0.3) is 0 Å². The molecule has 0 atom stereocenters. The minimum Gasteiger partial charge on any atom is -0.340 e. The molecule has 67 valence electrons. The average Bonchev–Trinajstić information content (AvgIpc) is 2.63. The molecular weight excluding hydrogens is 186 g/mol. The summed E-state index contributed by atoms with van der Waals surface area (Å²) in [7, 11) is 1.70. The molecule has 5 nitrogen and oxygen atoms in total. The fourth-order valence-electron chi connectivity index (χ4n) is 1.05. The SMILES string of the molecule is C[N]c1nc(SC)nc2nc[nH]c12. The Hall–Kier alpha value is -1.30. The van der Waals surface area contributed by atoms with Gasteiger partial charge in [-0.1, -0.05) is 11.8 Å². The molecule has 2 rings (SSSR count). The van der Waals surface area contributed by atoms with Crippen LogP contribution < -0.4 is 5.32 Å². The summed E-state index contributed by atoms with van der Waals surface area (Å²) in [6.45, 7) is 0. The summed E-state index contributed by atoms with van der Waals surface area (Å²) in [5.74, 6) is 0.659. The number of nitrogens with one attached hydrogen (secondary N) is 1. The van der Waals surface area contributed by atoms with Crippen LogP contribution in [0.2, 0.25) is 0 Å². The van der Waals surface area contributed by atoms with Gasteiger partial charge in [0.2, 0.25) is 0 Å². The van der Waals surface area contributed by atoms with Crippen molar-refractivity contribution < 1.29 is 0 Å². The molecule has 2 heterocycles. The van der Waals surface area contributed by atoms with Gasteiger partial charge >= 0.3 is 0 Å². The van der Waals surface area contributed by atoms with Crippen molar-refractivity contribution in [1.29, 1.82) is 0 Å². The van der Waals surface area contributed by atoms with Crippen molar-refractivity contribution in [3.8, 4) is 0 Å². The zero-order valence-corrected chi connectivity index (χ0v) is 8.09. The largest absolute Gasteiger partial charge is 0.340 e. The predicted octanol–water partition coefficient (Wildman–Crippen LogP) is 0.940. The first-order chi connectivity index (χ1) is 6.35. The van der Waals surface area contributed by atoms with Crippen LogP contribution in [-0.2, 0) is 0 Å². The quantitative estimate of drug-likeness (QED) is 0.570.